The summed E-state index contributed by atoms with van der Waals surface area (Å²) in [6, 6.07) is 7.91. The Hall–Kier alpha value is -1.18. The van der Waals surface area contributed by atoms with Crippen molar-refractivity contribution in [1.82, 2.24) is 0 Å². The molecule has 2 nitrogen and oxygen atoms in total. The SMILES string of the molecule is CNc1[c]cccc1O. The second-order valence-corrected chi connectivity index (χ2v) is 1.68. The maximum Gasteiger partial charge on any atom is 0.139 e. The Morgan fingerprint density at radius 1 is 1.67 bits per heavy atom. The fraction of sp³-hybridized carbons (Fsp3) is 0.143. The summed E-state index contributed by atoms with van der Waals surface area (Å²) in [7, 11) is 1.74. The molecule has 1 radical (unpaired) electrons. The zero-order valence-electron chi connectivity index (χ0n) is 5.18. The van der Waals surface area contributed by atoms with Crippen molar-refractivity contribution in [2.45, 2.75) is 0 Å². The highest BCUT2D eigenvalue weighted by atomic mass is 16.3. The number of hydrogen-bond donors (Lipinski definition) is 2. The average Bonchev–Trinajstić information content (AvgIpc) is 1.89. The Morgan fingerprint density at radius 3 is 2.89 bits per heavy atom. The number of hydrogen-bond acceptors (Lipinski definition) is 2. The van der Waals surface area contributed by atoms with Gasteiger partial charge in [0.15, 0.2) is 0 Å². The van der Waals surface area contributed by atoms with Gasteiger partial charge in [0.2, 0.25) is 0 Å². The second kappa shape index (κ2) is 2.40. The average molecular weight is 122 g/mol. The highest BCUT2D eigenvalue weighted by Crippen LogP contribution is 2.19. The first kappa shape index (κ1) is 5.95. The molecule has 47 valence electrons. The summed E-state index contributed by atoms with van der Waals surface area (Å²) in [6.07, 6.45) is 0. The van der Waals surface area contributed by atoms with Crippen LogP contribution in [-0.2, 0) is 0 Å². The van der Waals surface area contributed by atoms with Crippen LogP contribution in [0.2, 0.25) is 0 Å². The number of para-hydroxylation sites is 1. The molecular weight excluding hydrogens is 114 g/mol. The van der Waals surface area contributed by atoms with Crippen molar-refractivity contribution in [3.63, 3.8) is 0 Å². The van der Waals surface area contributed by atoms with Gasteiger partial charge >= 0.3 is 0 Å². The lowest BCUT2D eigenvalue weighted by Crippen LogP contribution is -1.86. The fourth-order valence-corrected chi connectivity index (χ4v) is 0.628. The molecule has 0 fully saturated rings. The van der Waals surface area contributed by atoms with Crippen LogP contribution < -0.4 is 5.32 Å². The molecule has 1 aromatic carbocycles. The first-order valence-corrected chi connectivity index (χ1v) is 2.72. The van der Waals surface area contributed by atoms with Gasteiger partial charge in [0.1, 0.15) is 5.75 Å². The van der Waals surface area contributed by atoms with E-state index >= 15 is 0 Å². The molecule has 0 saturated carbocycles. The molecule has 0 aliphatic rings. The Balaban J connectivity index is 3.01. The molecule has 0 aliphatic carbocycles. The normalized spacial score (nSPS) is 9.00. The number of aromatic hydroxyl groups is 1. The second-order valence-electron chi connectivity index (χ2n) is 1.68. The minimum atomic E-state index is 0.236. The summed E-state index contributed by atoms with van der Waals surface area (Å²) in [6.45, 7) is 0. The minimum absolute atomic E-state index is 0.236. The summed E-state index contributed by atoms with van der Waals surface area (Å²) >= 11 is 0. The Labute approximate surface area is 54.1 Å². The molecular formula is C7H8NO. The molecule has 0 unspecified atom stereocenters. The van der Waals surface area contributed by atoms with Crippen molar-refractivity contribution in [1.29, 1.82) is 0 Å². The highest BCUT2D eigenvalue weighted by molar-refractivity contribution is 5.53. The molecule has 0 spiro atoms. The fourth-order valence-electron chi connectivity index (χ4n) is 0.628. The van der Waals surface area contributed by atoms with Crippen molar-refractivity contribution in [3.05, 3.63) is 24.3 Å². The summed E-state index contributed by atoms with van der Waals surface area (Å²) < 4.78 is 0. The molecule has 0 aliphatic heterocycles. The van der Waals surface area contributed by atoms with Crippen molar-refractivity contribution in [3.8, 4) is 5.75 Å². The van der Waals surface area contributed by atoms with E-state index in [9.17, 15) is 0 Å². The van der Waals surface area contributed by atoms with Crippen molar-refractivity contribution < 1.29 is 5.11 Å². The molecule has 0 atom stereocenters. The molecule has 0 bridgehead atoms. The summed E-state index contributed by atoms with van der Waals surface area (Å²) in [4.78, 5) is 0. The van der Waals surface area contributed by atoms with E-state index in [0.29, 0.717) is 5.69 Å². The Morgan fingerprint density at radius 2 is 2.44 bits per heavy atom. The van der Waals surface area contributed by atoms with Crippen LogP contribution in [0, 0.1) is 6.07 Å². The standard InChI is InChI=1S/C7H8NO/c1-8-6-4-2-3-5-7(6)9/h2-3,5,8-9H,1H3. The van der Waals surface area contributed by atoms with Crippen molar-refractivity contribution >= 4 is 5.69 Å². The van der Waals surface area contributed by atoms with Crippen LogP contribution in [0.4, 0.5) is 5.69 Å². The zero-order valence-corrected chi connectivity index (χ0v) is 5.18. The van der Waals surface area contributed by atoms with Crippen LogP contribution in [0.3, 0.4) is 0 Å². The molecule has 1 rings (SSSR count). The van der Waals surface area contributed by atoms with Gasteiger partial charge in [-0.15, -0.1) is 0 Å². The molecule has 0 saturated heterocycles. The van der Waals surface area contributed by atoms with Crippen LogP contribution in [0.15, 0.2) is 18.2 Å². The first-order valence-electron chi connectivity index (χ1n) is 2.72. The Bertz CT molecular complexity index is 198. The lowest BCUT2D eigenvalue weighted by molar-refractivity contribution is 0.477. The molecule has 2 heteroatoms. The predicted octanol–water partition coefficient (Wildman–Crippen LogP) is 1.23. The topological polar surface area (TPSA) is 32.3 Å². The van der Waals surface area contributed by atoms with Gasteiger partial charge in [-0.2, -0.15) is 0 Å². The van der Waals surface area contributed by atoms with Crippen LogP contribution in [0.1, 0.15) is 0 Å². The van der Waals surface area contributed by atoms with Gasteiger partial charge in [-0.25, -0.2) is 0 Å². The van der Waals surface area contributed by atoms with Crippen LogP contribution >= 0.6 is 0 Å². The number of nitrogens with one attached hydrogen (secondary N) is 1. The summed E-state index contributed by atoms with van der Waals surface area (Å²) in [5, 5.41) is 11.8. The van der Waals surface area contributed by atoms with E-state index in [-0.39, 0.29) is 5.75 Å². The minimum Gasteiger partial charge on any atom is -0.506 e. The van der Waals surface area contributed by atoms with E-state index in [4.69, 9.17) is 5.11 Å². The number of anilines is 1. The monoisotopic (exact) mass is 122 g/mol. The quantitative estimate of drug-likeness (QED) is 0.549. The smallest absolute Gasteiger partial charge is 0.139 e. The van der Waals surface area contributed by atoms with E-state index in [0.717, 1.165) is 0 Å². The maximum atomic E-state index is 9.02. The third kappa shape index (κ3) is 1.13. The molecule has 0 amide bonds. The number of benzene rings is 1. The maximum absolute atomic E-state index is 9.02. The molecule has 1 aromatic rings. The van der Waals surface area contributed by atoms with E-state index in [1.165, 1.54) is 0 Å². The van der Waals surface area contributed by atoms with Crippen LogP contribution in [0.25, 0.3) is 0 Å². The Kier molecular flexibility index (Phi) is 1.58. The third-order valence-corrected chi connectivity index (χ3v) is 1.08. The van der Waals surface area contributed by atoms with E-state index in [2.05, 4.69) is 11.4 Å². The number of rotatable bonds is 1. The van der Waals surface area contributed by atoms with Gasteiger partial charge in [0, 0.05) is 13.1 Å². The van der Waals surface area contributed by atoms with Gasteiger partial charge in [-0.1, -0.05) is 12.1 Å². The molecule has 0 aromatic heterocycles. The summed E-state index contributed by atoms with van der Waals surface area (Å²) in [5.74, 6) is 0.236. The molecule has 0 heterocycles. The summed E-state index contributed by atoms with van der Waals surface area (Å²) in [5.41, 5.74) is 0.637. The van der Waals surface area contributed by atoms with Crippen LogP contribution in [-0.4, -0.2) is 12.2 Å². The molecule has 9 heavy (non-hydrogen) atoms. The van der Waals surface area contributed by atoms with Gasteiger partial charge in [0.25, 0.3) is 0 Å². The highest BCUT2D eigenvalue weighted by Gasteiger charge is 1.92. The van der Waals surface area contributed by atoms with E-state index < -0.39 is 0 Å². The van der Waals surface area contributed by atoms with E-state index in [1.807, 2.05) is 0 Å². The van der Waals surface area contributed by atoms with Gasteiger partial charge in [-0.3, -0.25) is 0 Å². The molecule has 2 N–H and O–H groups in total. The van der Waals surface area contributed by atoms with Gasteiger partial charge in [0.05, 0.1) is 5.69 Å². The number of phenolic OH excluding ortho intramolecular Hbond substituents is 1. The largest absolute Gasteiger partial charge is 0.506 e. The third-order valence-electron chi connectivity index (χ3n) is 1.08. The van der Waals surface area contributed by atoms with Gasteiger partial charge < -0.3 is 10.4 Å². The van der Waals surface area contributed by atoms with Gasteiger partial charge in [-0.05, 0) is 6.07 Å². The lowest BCUT2D eigenvalue weighted by Gasteiger charge is -1.99. The predicted molar refractivity (Wildman–Crippen MR) is 36.5 cm³/mol. The lowest BCUT2D eigenvalue weighted by atomic mass is 10.3. The number of phenols is 1. The van der Waals surface area contributed by atoms with Crippen molar-refractivity contribution in [2.24, 2.45) is 0 Å². The first-order chi connectivity index (χ1) is 4.34. The van der Waals surface area contributed by atoms with Crippen LogP contribution in [0.5, 0.6) is 5.75 Å². The zero-order chi connectivity index (χ0) is 6.69. The van der Waals surface area contributed by atoms with Crippen molar-refractivity contribution in [2.75, 3.05) is 12.4 Å². The van der Waals surface area contributed by atoms with E-state index in [1.54, 1.807) is 25.2 Å².